The summed E-state index contributed by atoms with van der Waals surface area (Å²) in [5, 5.41) is 0. The summed E-state index contributed by atoms with van der Waals surface area (Å²) in [5.41, 5.74) is 0. The maximum atomic E-state index is 9.06. The molecule has 0 aliphatic rings. The van der Waals surface area contributed by atoms with Crippen molar-refractivity contribution in [2.45, 2.75) is 0 Å². The Hall–Kier alpha value is -0.256. The third-order valence-corrected chi connectivity index (χ3v) is 0.376. The van der Waals surface area contributed by atoms with Gasteiger partial charge in [-0.1, -0.05) is 0 Å². The minimum absolute atomic E-state index is 0.868. The van der Waals surface area contributed by atoms with Crippen LogP contribution in [0.1, 0.15) is 0 Å². The second-order valence-electron chi connectivity index (χ2n) is 0.294. The van der Waals surface area contributed by atoms with E-state index in [1.54, 1.807) is 0 Å². The molecule has 0 spiro atoms. The molecule has 0 saturated carbocycles. The molecule has 0 amide bonds. The summed E-state index contributed by atoms with van der Waals surface area (Å²) in [6, 6.07) is 0. The summed E-state index contributed by atoms with van der Waals surface area (Å²) in [6.45, 7) is 0. The Morgan fingerprint density at radius 1 is 1.20 bits per heavy atom. The van der Waals surface area contributed by atoms with E-state index < -0.39 is 15.4 Å². The quantitative estimate of drug-likeness (QED) is 0.406. The molecule has 0 fully saturated rings. The van der Waals surface area contributed by atoms with E-state index in [1.807, 2.05) is 0 Å². The second kappa shape index (κ2) is 3.74. The van der Waals surface area contributed by atoms with Crippen LogP contribution in [0, 0.1) is 0 Å². The van der Waals surface area contributed by atoms with Gasteiger partial charge in [0.25, 0.3) is 0 Å². The standard InChI is InChI=1S/2CO.V/c2*1-2;. The van der Waals surface area contributed by atoms with Crippen LogP contribution in [0.25, 0.3) is 0 Å². The van der Waals surface area contributed by atoms with Gasteiger partial charge in [0.2, 0.25) is 0 Å². The van der Waals surface area contributed by atoms with Crippen molar-refractivity contribution in [3.05, 3.63) is 0 Å². The summed E-state index contributed by atoms with van der Waals surface area (Å²) in [4.78, 5) is 18.1. The average Bonchev–Trinajstić information content (AvgIpc) is 1.41. The first-order valence-electron chi connectivity index (χ1n) is 0.855. The molecule has 0 aromatic heterocycles. The molecule has 0 atom stereocenters. The van der Waals surface area contributed by atoms with Crippen molar-refractivity contribution in [2.75, 3.05) is 0 Å². The molecule has 0 aliphatic heterocycles. The molecule has 0 aromatic carbocycles. The molecular formula is C2O2V. The van der Waals surface area contributed by atoms with Gasteiger partial charge in [-0.25, -0.2) is 0 Å². The van der Waals surface area contributed by atoms with Gasteiger partial charge < -0.3 is 0 Å². The van der Waals surface area contributed by atoms with Crippen LogP contribution in [-0.2, 0) is 25.0 Å². The number of hydrogen-bond acceptors (Lipinski definition) is 2. The first kappa shape index (κ1) is 4.74. The number of rotatable bonds is 0. The first-order valence-corrected chi connectivity index (χ1v) is 2.25. The summed E-state index contributed by atoms with van der Waals surface area (Å²) in [5.74, 6) is 0. The molecule has 0 rings (SSSR count). The summed E-state index contributed by atoms with van der Waals surface area (Å²) < 4.78 is 2.88. The van der Waals surface area contributed by atoms with Crippen LogP contribution in [0.15, 0.2) is 0 Å². The molecule has 2 nitrogen and oxygen atoms in total. The van der Waals surface area contributed by atoms with Crippen LogP contribution < -0.4 is 0 Å². The van der Waals surface area contributed by atoms with Gasteiger partial charge in [0.1, 0.15) is 0 Å². The van der Waals surface area contributed by atoms with Crippen LogP contribution in [0.5, 0.6) is 0 Å². The summed E-state index contributed by atoms with van der Waals surface area (Å²) in [6.07, 6.45) is 0. The minimum atomic E-state index is -0.868. The molecule has 0 unspecified atom stereocenters. The third-order valence-electron chi connectivity index (χ3n) is 0.0913. The van der Waals surface area contributed by atoms with E-state index in [-0.39, 0.29) is 0 Å². The van der Waals surface area contributed by atoms with Gasteiger partial charge in [-0.05, 0) is 0 Å². The molecule has 0 bridgehead atoms. The van der Waals surface area contributed by atoms with Crippen molar-refractivity contribution in [1.29, 1.82) is 0 Å². The van der Waals surface area contributed by atoms with Crippen LogP contribution in [-0.4, -0.2) is 9.19 Å². The maximum absolute atomic E-state index is 9.06. The monoisotopic (exact) mass is 107 g/mol. The van der Waals surface area contributed by atoms with Gasteiger partial charge in [-0.2, -0.15) is 0 Å². The van der Waals surface area contributed by atoms with Crippen LogP contribution >= 0.6 is 0 Å². The third kappa shape index (κ3) is 3.74. The van der Waals surface area contributed by atoms with E-state index >= 15 is 0 Å². The molecule has 0 radical (unpaired) electrons. The molecule has 0 saturated heterocycles. The predicted molar refractivity (Wildman–Crippen MR) is 11.4 cm³/mol. The molecule has 3 heteroatoms. The fourth-order valence-corrected chi connectivity index (χ4v) is 0.0768. The Balaban J connectivity index is 4.38. The fraction of sp³-hybridized carbons (Fsp3) is 0. The molecule has 0 N–H and O–H groups in total. The van der Waals surface area contributed by atoms with E-state index in [4.69, 9.17) is 9.59 Å². The molecular weight excluding hydrogens is 107 g/mol. The van der Waals surface area contributed by atoms with E-state index in [1.165, 1.54) is 9.19 Å². The van der Waals surface area contributed by atoms with Crippen LogP contribution in [0.4, 0.5) is 0 Å². The molecule has 5 heavy (non-hydrogen) atoms. The van der Waals surface area contributed by atoms with Crippen LogP contribution in [0.3, 0.4) is 0 Å². The van der Waals surface area contributed by atoms with Crippen molar-refractivity contribution in [3.63, 3.8) is 0 Å². The fourth-order valence-electron chi connectivity index (χ4n) is 0.0186. The van der Waals surface area contributed by atoms with E-state index in [9.17, 15) is 0 Å². The summed E-state index contributed by atoms with van der Waals surface area (Å²) >= 11 is -0.868. The van der Waals surface area contributed by atoms with E-state index in [0.717, 1.165) is 0 Å². The zero-order chi connectivity index (χ0) is 4.12. The Bertz CT molecular complexity index is 99.6. The first-order chi connectivity index (χ1) is 2.41. The van der Waals surface area contributed by atoms with Crippen molar-refractivity contribution in [1.82, 2.24) is 0 Å². The van der Waals surface area contributed by atoms with Gasteiger partial charge in [0.15, 0.2) is 0 Å². The molecule has 0 aliphatic carbocycles. The topological polar surface area (TPSA) is 34.1 Å². The van der Waals surface area contributed by atoms with Gasteiger partial charge in [-0.15, -0.1) is 0 Å². The average molecular weight is 107 g/mol. The van der Waals surface area contributed by atoms with E-state index in [2.05, 4.69) is 0 Å². The second-order valence-corrected chi connectivity index (χ2v) is 1.21. The van der Waals surface area contributed by atoms with Gasteiger partial charge in [0, 0.05) is 0 Å². The van der Waals surface area contributed by atoms with Gasteiger partial charge in [-0.3, -0.25) is 0 Å². The van der Waals surface area contributed by atoms with Crippen LogP contribution in [0.2, 0.25) is 0 Å². The Labute approximate surface area is 34.9 Å². The van der Waals surface area contributed by atoms with Gasteiger partial charge in [0.05, 0.1) is 0 Å². The Morgan fingerprint density at radius 2 is 1.60 bits per heavy atom. The Kier molecular flexibility index (Phi) is 3.55. The van der Waals surface area contributed by atoms with Gasteiger partial charge >= 0.3 is 34.2 Å². The predicted octanol–water partition coefficient (Wildman–Crippen LogP) is -0.797. The summed E-state index contributed by atoms with van der Waals surface area (Å²) in [7, 11) is 0. The zero-order valence-electron chi connectivity index (χ0n) is 2.26. The van der Waals surface area contributed by atoms with Crippen molar-refractivity contribution in [2.24, 2.45) is 0 Å². The van der Waals surface area contributed by atoms with E-state index in [0.29, 0.717) is 0 Å². The molecule has 0 heterocycles. The van der Waals surface area contributed by atoms with Crippen molar-refractivity contribution < 1.29 is 25.0 Å². The zero-order valence-corrected chi connectivity index (χ0v) is 3.66. The Morgan fingerprint density at radius 3 is 1.60 bits per heavy atom. The SMILES string of the molecule is O=[C]=[V]=[C]=O. The van der Waals surface area contributed by atoms with Crippen molar-refractivity contribution in [3.8, 4) is 0 Å². The molecule has 0 aromatic rings. The number of carbonyl (C=O) groups excluding carboxylic acids is 2. The normalized spacial score (nSPS) is 3.20. The number of hydrogen-bond donors (Lipinski definition) is 0. The molecule has 25 valence electrons. The van der Waals surface area contributed by atoms with Crippen molar-refractivity contribution >= 4 is 9.19 Å².